The van der Waals surface area contributed by atoms with Crippen LogP contribution in [0, 0.1) is 3.57 Å². The van der Waals surface area contributed by atoms with Crippen LogP contribution < -0.4 is 14.9 Å². The Kier molecular flexibility index (Phi) is 6.23. The lowest BCUT2D eigenvalue weighted by molar-refractivity contribution is 0.0955. The number of carbonyl (C=O) groups excluding carboxylic acids is 1. The summed E-state index contributed by atoms with van der Waals surface area (Å²) in [5.74, 6) is 0.748. The van der Waals surface area contributed by atoms with Crippen molar-refractivity contribution in [1.29, 1.82) is 0 Å². The number of hydrazone groups is 1. The van der Waals surface area contributed by atoms with E-state index in [-0.39, 0.29) is 5.91 Å². The summed E-state index contributed by atoms with van der Waals surface area (Å²) in [6.07, 6.45) is 1.47. The van der Waals surface area contributed by atoms with Crippen molar-refractivity contribution in [3.63, 3.8) is 0 Å². The molecule has 0 aliphatic carbocycles. The second-order valence-corrected chi connectivity index (χ2v) is 6.09. The van der Waals surface area contributed by atoms with Gasteiger partial charge in [0.05, 0.1) is 25.5 Å². The Balaban J connectivity index is 2.12. The zero-order valence-electron chi connectivity index (χ0n) is 12.5. The second-order valence-electron chi connectivity index (χ2n) is 4.43. The molecule has 120 valence electrons. The molecule has 23 heavy (non-hydrogen) atoms. The molecule has 0 aromatic heterocycles. The van der Waals surface area contributed by atoms with E-state index in [0.29, 0.717) is 27.6 Å². The van der Waals surface area contributed by atoms with E-state index in [1.165, 1.54) is 20.4 Å². The molecule has 0 aliphatic rings. The maximum Gasteiger partial charge on any atom is 0.271 e. The molecule has 2 aromatic carbocycles. The molecule has 1 N–H and O–H groups in total. The number of nitrogens with one attached hydrogen (secondary N) is 1. The van der Waals surface area contributed by atoms with Crippen molar-refractivity contribution in [2.24, 2.45) is 5.10 Å². The van der Waals surface area contributed by atoms with E-state index in [4.69, 9.17) is 21.1 Å². The molecule has 0 unspecified atom stereocenters. The smallest absolute Gasteiger partial charge is 0.271 e. The van der Waals surface area contributed by atoms with Gasteiger partial charge in [-0.2, -0.15) is 5.10 Å². The molecule has 5 nitrogen and oxygen atoms in total. The van der Waals surface area contributed by atoms with Crippen LogP contribution in [-0.2, 0) is 0 Å². The molecule has 0 radical (unpaired) electrons. The van der Waals surface area contributed by atoms with Crippen LogP contribution in [-0.4, -0.2) is 26.3 Å². The van der Waals surface area contributed by atoms with Gasteiger partial charge in [0, 0.05) is 20.8 Å². The number of hydrogen-bond donors (Lipinski definition) is 1. The summed E-state index contributed by atoms with van der Waals surface area (Å²) in [4.78, 5) is 12.0. The van der Waals surface area contributed by atoms with Gasteiger partial charge in [-0.15, -0.1) is 0 Å². The third kappa shape index (κ3) is 4.59. The van der Waals surface area contributed by atoms with Gasteiger partial charge in [0.2, 0.25) is 0 Å². The van der Waals surface area contributed by atoms with Crippen LogP contribution in [0.3, 0.4) is 0 Å². The highest BCUT2D eigenvalue weighted by molar-refractivity contribution is 14.1. The van der Waals surface area contributed by atoms with Crippen molar-refractivity contribution in [2.75, 3.05) is 14.2 Å². The molecule has 0 fully saturated rings. The molecule has 0 aliphatic heterocycles. The van der Waals surface area contributed by atoms with Gasteiger partial charge in [-0.3, -0.25) is 4.79 Å². The van der Waals surface area contributed by atoms with Gasteiger partial charge in [0.1, 0.15) is 11.5 Å². The largest absolute Gasteiger partial charge is 0.496 e. The van der Waals surface area contributed by atoms with E-state index in [1.54, 1.807) is 24.3 Å². The Labute approximate surface area is 152 Å². The number of carbonyl (C=O) groups is 1. The van der Waals surface area contributed by atoms with Crippen LogP contribution in [0.5, 0.6) is 11.5 Å². The van der Waals surface area contributed by atoms with Crippen LogP contribution >= 0.6 is 34.2 Å². The van der Waals surface area contributed by atoms with Crippen molar-refractivity contribution >= 4 is 46.3 Å². The van der Waals surface area contributed by atoms with Crippen LogP contribution in [0.1, 0.15) is 15.9 Å². The van der Waals surface area contributed by atoms with E-state index in [9.17, 15) is 4.79 Å². The molecule has 0 heterocycles. The maximum atomic E-state index is 12.0. The third-order valence-corrected chi connectivity index (χ3v) is 3.99. The number of amides is 1. The molecule has 7 heteroatoms. The summed E-state index contributed by atoms with van der Waals surface area (Å²) in [6.45, 7) is 0. The van der Waals surface area contributed by atoms with Crippen LogP contribution in [0.4, 0.5) is 0 Å². The molecule has 0 atom stereocenters. The van der Waals surface area contributed by atoms with E-state index in [2.05, 4.69) is 33.1 Å². The average molecular weight is 445 g/mol. The van der Waals surface area contributed by atoms with E-state index >= 15 is 0 Å². The van der Waals surface area contributed by atoms with Gasteiger partial charge in [-0.1, -0.05) is 11.6 Å². The number of halogens is 2. The molecular formula is C16H14ClIN2O3. The normalized spacial score (nSPS) is 10.6. The average Bonchev–Trinajstić information content (AvgIpc) is 2.55. The van der Waals surface area contributed by atoms with Crippen molar-refractivity contribution in [3.8, 4) is 11.5 Å². The molecule has 0 saturated heterocycles. The van der Waals surface area contributed by atoms with Crippen molar-refractivity contribution < 1.29 is 14.3 Å². The lowest BCUT2D eigenvalue weighted by Gasteiger charge is -2.09. The Morgan fingerprint density at radius 2 is 1.83 bits per heavy atom. The minimum Gasteiger partial charge on any atom is -0.496 e. The first-order valence-electron chi connectivity index (χ1n) is 6.55. The van der Waals surface area contributed by atoms with Crippen molar-refractivity contribution in [3.05, 3.63) is 56.1 Å². The summed E-state index contributed by atoms with van der Waals surface area (Å²) in [5, 5.41) is 4.37. The maximum absolute atomic E-state index is 12.0. The van der Waals surface area contributed by atoms with Crippen molar-refractivity contribution in [1.82, 2.24) is 5.43 Å². The molecule has 2 rings (SSSR count). The van der Waals surface area contributed by atoms with Gasteiger partial charge in [-0.05, 0) is 52.9 Å². The molecule has 2 aromatic rings. The first-order valence-corrected chi connectivity index (χ1v) is 8.01. The predicted molar refractivity (Wildman–Crippen MR) is 98.8 cm³/mol. The Morgan fingerprint density at radius 3 is 2.43 bits per heavy atom. The minimum absolute atomic E-state index is 0.295. The van der Waals surface area contributed by atoms with Crippen LogP contribution in [0.15, 0.2) is 41.5 Å². The van der Waals surface area contributed by atoms with Gasteiger partial charge in [0.15, 0.2) is 0 Å². The summed E-state index contributed by atoms with van der Waals surface area (Å²) in [6, 6.07) is 10.5. The predicted octanol–water partition coefficient (Wildman–Crippen LogP) is 3.73. The highest BCUT2D eigenvalue weighted by Crippen LogP contribution is 2.31. The van der Waals surface area contributed by atoms with Crippen LogP contribution in [0.25, 0.3) is 0 Å². The number of methoxy groups -OCH3 is 2. The molecule has 0 saturated carbocycles. The number of nitrogens with zero attached hydrogens (tertiary/aromatic N) is 1. The number of rotatable bonds is 5. The van der Waals surface area contributed by atoms with Gasteiger partial charge in [0.25, 0.3) is 5.91 Å². The second kappa shape index (κ2) is 8.16. The lowest BCUT2D eigenvalue weighted by atomic mass is 10.2. The summed E-state index contributed by atoms with van der Waals surface area (Å²) < 4.78 is 11.4. The van der Waals surface area contributed by atoms with Gasteiger partial charge >= 0.3 is 0 Å². The Hall–Kier alpha value is -1.80. The fraction of sp³-hybridized carbons (Fsp3) is 0.125. The van der Waals surface area contributed by atoms with E-state index < -0.39 is 0 Å². The van der Waals surface area contributed by atoms with Crippen LogP contribution in [0.2, 0.25) is 5.02 Å². The monoisotopic (exact) mass is 444 g/mol. The first-order chi connectivity index (χ1) is 11.0. The van der Waals surface area contributed by atoms with E-state index in [1.807, 2.05) is 12.1 Å². The fourth-order valence-corrected chi connectivity index (χ4v) is 2.42. The molecule has 0 bridgehead atoms. The summed E-state index contributed by atoms with van der Waals surface area (Å²) in [5.41, 5.74) is 3.62. The number of hydrogen-bond acceptors (Lipinski definition) is 4. The number of benzene rings is 2. The standard InChI is InChI=1S/C16H14ClIN2O3/c1-22-14-8-15(23-2)13(17)7-11(14)9-19-20-16(21)10-3-5-12(18)6-4-10/h3-9H,1-2H3,(H,20,21)/b19-9-. The van der Waals surface area contributed by atoms with E-state index in [0.717, 1.165) is 3.57 Å². The van der Waals surface area contributed by atoms with Gasteiger partial charge < -0.3 is 9.47 Å². The molecule has 1 amide bonds. The molecule has 0 spiro atoms. The summed E-state index contributed by atoms with van der Waals surface area (Å²) >= 11 is 8.26. The highest BCUT2D eigenvalue weighted by Gasteiger charge is 2.09. The SMILES string of the molecule is COc1cc(OC)c(/C=N\NC(=O)c2ccc(I)cc2)cc1Cl. The van der Waals surface area contributed by atoms with Crippen molar-refractivity contribution in [2.45, 2.75) is 0 Å². The molecular weight excluding hydrogens is 431 g/mol. The third-order valence-electron chi connectivity index (χ3n) is 2.98. The summed E-state index contributed by atoms with van der Waals surface area (Å²) in [7, 11) is 3.06. The quantitative estimate of drug-likeness (QED) is 0.434. The Bertz CT molecular complexity index is 733. The number of ether oxygens (including phenoxy) is 2. The first kappa shape index (κ1) is 17.6. The minimum atomic E-state index is -0.295. The lowest BCUT2D eigenvalue weighted by Crippen LogP contribution is -2.17. The fourth-order valence-electron chi connectivity index (χ4n) is 1.81. The highest BCUT2D eigenvalue weighted by atomic mass is 127. The Morgan fingerprint density at radius 1 is 1.17 bits per heavy atom. The van der Waals surface area contributed by atoms with Gasteiger partial charge in [-0.25, -0.2) is 5.43 Å². The topological polar surface area (TPSA) is 59.9 Å². The zero-order chi connectivity index (χ0) is 16.8. The zero-order valence-corrected chi connectivity index (χ0v) is 15.4.